The first kappa shape index (κ1) is 24.6. The summed E-state index contributed by atoms with van der Waals surface area (Å²) in [4.78, 5) is 28.4. The standard InChI is InChI=1S/C31H31NO5/c1-5-36-24-8-6-7-23(18-24)32-27(19-9-12-22(13-10-19)31(2,3)4)26(29(34)30(32)35)28(33)21-11-14-25-20(17-21)15-16-37-25/h6-14,17-18,27,33H,5,15-16H2,1-4H3/b28-26-. The zero-order chi connectivity index (χ0) is 26.3. The molecule has 1 atom stereocenters. The minimum Gasteiger partial charge on any atom is -0.507 e. The van der Waals surface area contributed by atoms with Gasteiger partial charge in [-0.25, -0.2) is 0 Å². The second-order valence-corrected chi connectivity index (χ2v) is 10.4. The molecule has 5 rings (SSSR count). The molecule has 1 amide bonds. The van der Waals surface area contributed by atoms with E-state index in [1.165, 1.54) is 4.90 Å². The van der Waals surface area contributed by atoms with E-state index in [0.717, 1.165) is 28.9 Å². The summed E-state index contributed by atoms with van der Waals surface area (Å²) in [5.74, 6) is -0.228. The lowest BCUT2D eigenvalue weighted by atomic mass is 9.85. The number of benzene rings is 3. The van der Waals surface area contributed by atoms with Gasteiger partial charge in [0.05, 0.1) is 24.8 Å². The maximum atomic E-state index is 13.5. The van der Waals surface area contributed by atoms with Crippen LogP contribution in [-0.4, -0.2) is 30.0 Å². The van der Waals surface area contributed by atoms with Gasteiger partial charge in [0.1, 0.15) is 17.3 Å². The lowest BCUT2D eigenvalue weighted by molar-refractivity contribution is -0.132. The minimum atomic E-state index is -0.796. The molecule has 0 spiro atoms. The fourth-order valence-electron chi connectivity index (χ4n) is 4.96. The van der Waals surface area contributed by atoms with Crippen LogP contribution >= 0.6 is 0 Å². The Hall–Kier alpha value is -4.06. The van der Waals surface area contributed by atoms with Gasteiger partial charge in [0, 0.05) is 23.7 Å². The highest BCUT2D eigenvalue weighted by Gasteiger charge is 2.47. The van der Waals surface area contributed by atoms with E-state index in [-0.39, 0.29) is 16.7 Å². The molecule has 0 bridgehead atoms. The molecule has 6 heteroatoms. The number of rotatable bonds is 5. The van der Waals surface area contributed by atoms with E-state index in [1.807, 2.05) is 43.3 Å². The smallest absolute Gasteiger partial charge is 0.300 e. The molecule has 190 valence electrons. The van der Waals surface area contributed by atoms with E-state index in [0.29, 0.717) is 30.2 Å². The van der Waals surface area contributed by atoms with E-state index < -0.39 is 17.7 Å². The van der Waals surface area contributed by atoms with Crippen molar-refractivity contribution in [2.24, 2.45) is 0 Å². The van der Waals surface area contributed by atoms with E-state index in [1.54, 1.807) is 30.3 Å². The van der Waals surface area contributed by atoms with Gasteiger partial charge < -0.3 is 14.6 Å². The number of ketones is 1. The maximum absolute atomic E-state index is 13.5. The van der Waals surface area contributed by atoms with Crippen LogP contribution in [0.3, 0.4) is 0 Å². The number of aliphatic hydroxyl groups is 1. The Morgan fingerprint density at radius 3 is 2.51 bits per heavy atom. The SMILES string of the molecule is CCOc1cccc(N2C(=O)C(=O)/C(=C(\O)c3ccc4c(c3)CCO4)C2c2ccc(C(C)(C)C)cc2)c1. The number of anilines is 1. The van der Waals surface area contributed by atoms with Crippen LogP contribution in [0.4, 0.5) is 5.69 Å². The van der Waals surface area contributed by atoms with Gasteiger partial charge in [-0.3, -0.25) is 14.5 Å². The van der Waals surface area contributed by atoms with Gasteiger partial charge in [-0.15, -0.1) is 0 Å². The van der Waals surface area contributed by atoms with Crippen LogP contribution in [0.2, 0.25) is 0 Å². The van der Waals surface area contributed by atoms with Crippen LogP contribution in [0.15, 0.2) is 72.3 Å². The highest BCUT2D eigenvalue weighted by Crippen LogP contribution is 2.43. The number of fused-ring (bicyclic) bond motifs is 1. The third-order valence-corrected chi connectivity index (χ3v) is 6.91. The highest BCUT2D eigenvalue weighted by atomic mass is 16.5. The summed E-state index contributed by atoms with van der Waals surface area (Å²) in [6, 6.07) is 19.6. The fraction of sp³-hybridized carbons (Fsp3) is 0.290. The van der Waals surface area contributed by atoms with Crippen molar-refractivity contribution in [3.63, 3.8) is 0 Å². The minimum absolute atomic E-state index is 0.0569. The lowest BCUT2D eigenvalue weighted by Gasteiger charge is -2.27. The Morgan fingerprint density at radius 1 is 1.05 bits per heavy atom. The molecule has 1 unspecified atom stereocenters. The summed E-state index contributed by atoms with van der Waals surface area (Å²) in [6.07, 6.45) is 0.729. The van der Waals surface area contributed by atoms with Crippen LogP contribution in [-0.2, 0) is 21.4 Å². The van der Waals surface area contributed by atoms with Crippen molar-refractivity contribution < 1.29 is 24.2 Å². The number of hydrogen-bond acceptors (Lipinski definition) is 5. The Labute approximate surface area is 217 Å². The van der Waals surface area contributed by atoms with Crippen LogP contribution < -0.4 is 14.4 Å². The number of amides is 1. The second-order valence-electron chi connectivity index (χ2n) is 10.4. The van der Waals surface area contributed by atoms with Crippen molar-refractivity contribution in [3.8, 4) is 11.5 Å². The second kappa shape index (κ2) is 9.43. The molecule has 1 N–H and O–H groups in total. The molecule has 0 aliphatic carbocycles. The van der Waals surface area contributed by atoms with E-state index in [2.05, 4.69) is 20.8 Å². The number of aliphatic hydroxyl groups excluding tert-OH is 1. The van der Waals surface area contributed by atoms with Gasteiger partial charge >= 0.3 is 0 Å². The molecular formula is C31H31NO5. The summed E-state index contributed by atoms with van der Waals surface area (Å²) >= 11 is 0. The molecule has 1 fully saturated rings. The Bertz CT molecular complexity index is 1400. The van der Waals surface area contributed by atoms with Crippen LogP contribution in [0.25, 0.3) is 5.76 Å². The van der Waals surface area contributed by atoms with Gasteiger partial charge in [-0.2, -0.15) is 0 Å². The summed E-state index contributed by atoms with van der Waals surface area (Å²) in [7, 11) is 0. The summed E-state index contributed by atoms with van der Waals surface area (Å²) in [6.45, 7) is 9.33. The van der Waals surface area contributed by atoms with Gasteiger partial charge in [0.2, 0.25) is 0 Å². The van der Waals surface area contributed by atoms with Crippen LogP contribution in [0.5, 0.6) is 11.5 Å². The first-order chi connectivity index (χ1) is 17.7. The Balaban J connectivity index is 1.68. The Kier molecular flexibility index (Phi) is 6.28. The summed E-state index contributed by atoms with van der Waals surface area (Å²) < 4.78 is 11.2. The zero-order valence-electron chi connectivity index (χ0n) is 21.6. The average molecular weight is 498 g/mol. The number of hydrogen-bond donors (Lipinski definition) is 1. The molecular weight excluding hydrogens is 466 g/mol. The largest absolute Gasteiger partial charge is 0.507 e. The Morgan fingerprint density at radius 2 is 1.81 bits per heavy atom. The molecule has 3 aromatic carbocycles. The molecule has 0 radical (unpaired) electrons. The van der Waals surface area contributed by atoms with Crippen LogP contribution in [0.1, 0.15) is 56.0 Å². The third-order valence-electron chi connectivity index (χ3n) is 6.91. The lowest BCUT2D eigenvalue weighted by Crippen LogP contribution is -2.29. The molecule has 37 heavy (non-hydrogen) atoms. The first-order valence-corrected chi connectivity index (χ1v) is 12.6. The van der Waals surface area contributed by atoms with Crippen molar-refractivity contribution >= 4 is 23.1 Å². The predicted octanol–water partition coefficient (Wildman–Crippen LogP) is 5.94. The summed E-state index contributed by atoms with van der Waals surface area (Å²) in [5.41, 5.74) is 3.85. The maximum Gasteiger partial charge on any atom is 0.300 e. The molecule has 0 saturated carbocycles. The number of Topliss-reactive ketones (excluding diaryl/α,β-unsaturated/α-hetero) is 1. The van der Waals surface area contributed by atoms with E-state index in [9.17, 15) is 14.7 Å². The molecule has 3 aromatic rings. The van der Waals surface area contributed by atoms with Crippen molar-refractivity contribution in [1.29, 1.82) is 0 Å². The number of carbonyl (C=O) groups excluding carboxylic acids is 2. The molecule has 2 heterocycles. The number of ether oxygens (including phenoxy) is 2. The van der Waals surface area contributed by atoms with Gasteiger partial charge in [0.25, 0.3) is 11.7 Å². The first-order valence-electron chi connectivity index (χ1n) is 12.6. The van der Waals surface area contributed by atoms with Crippen molar-refractivity contribution in [2.75, 3.05) is 18.1 Å². The van der Waals surface area contributed by atoms with E-state index >= 15 is 0 Å². The van der Waals surface area contributed by atoms with Crippen molar-refractivity contribution in [3.05, 3.63) is 94.6 Å². The molecule has 0 aromatic heterocycles. The van der Waals surface area contributed by atoms with Gasteiger partial charge in [-0.1, -0.05) is 51.1 Å². The van der Waals surface area contributed by atoms with Crippen molar-refractivity contribution in [2.45, 2.75) is 45.6 Å². The highest BCUT2D eigenvalue weighted by molar-refractivity contribution is 6.51. The van der Waals surface area contributed by atoms with Gasteiger partial charge in [-0.05, 0) is 59.4 Å². The molecule has 6 nitrogen and oxygen atoms in total. The molecule has 2 aliphatic rings. The third kappa shape index (κ3) is 4.48. The average Bonchev–Trinajstić information content (AvgIpc) is 3.45. The summed E-state index contributed by atoms with van der Waals surface area (Å²) in [5, 5.41) is 11.5. The number of carbonyl (C=O) groups is 2. The van der Waals surface area contributed by atoms with Crippen molar-refractivity contribution in [1.82, 2.24) is 0 Å². The van der Waals surface area contributed by atoms with Gasteiger partial charge in [0.15, 0.2) is 0 Å². The monoisotopic (exact) mass is 497 g/mol. The molecule has 1 saturated heterocycles. The van der Waals surface area contributed by atoms with Crippen LogP contribution in [0, 0.1) is 0 Å². The fourth-order valence-corrected chi connectivity index (χ4v) is 4.96. The predicted molar refractivity (Wildman–Crippen MR) is 143 cm³/mol. The molecule has 2 aliphatic heterocycles. The van der Waals surface area contributed by atoms with E-state index in [4.69, 9.17) is 9.47 Å². The number of nitrogens with zero attached hydrogens (tertiary/aromatic N) is 1. The topological polar surface area (TPSA) is 76.1 Å². The quantitative estimate of drug-likeness (QED) is 0.268. The normalized spacial score (nSPS) is 18.6. The zero-order valence-corrected chi connectivity index (χ0v) is 21.6.